The first kappa shape index (κ1) is 35.3. The van der Waals surface area contributed by atoms with Crippen LogP contribution < -0.4 is 5.32 Å². The van der Waals surface area contributed by atoms with E-state index >= 15 is 0 Å². The highest BCUT2D eigenvalue weighted by Crippen LogP contribution is 2.50. The molecule has 1 fully saturated rings. The Morgan fingerprint density at radius 3 is 2.13 bits per heavy atom. The van der Waals surface area contributed by atoms with Gasteiger partial charge in [-0.2, -0.15) is 5.06 Å². The van der Waals surface area contributed by atoms with Crippen LogP contribution in [0.2, 0.25) is 0 Å². The number of amides is 1. The predicted molar refractivity (Wildman–Crippen MR) is 167 cm³/mol. The summed E-state index contributed by atoms with van der Waals surface area (Å²) in [4.78, 5) is 29.9. The number of nitrogens with one attached hydrogen (secondary N) is 1. The molecular weight excluding hydrogens is 539 g/mol. The second-order valence-corrected chi connectivity index (χ2v) is 17.4. The van der Waals surface area contributed by atoms with Crippen molar-refractivity contribution in [1.29, 1.82) is 0 Å². The molecule has 0 aliphatic carbocycles. The SMILES string of the molecule is CCSC(=S)SC(C)(C)C(CC(C)(C)C(C)(/C=N/C)CCC(=O)O)C(=O)NC1CC(C)(C)N(O)C(C)(C)C1. The monoisotopic (exact) mass is 589 g/mol. The largest absolute Gasteiger partial charge is 0.481 e. The van der Waals surface area contributed by atoms with Crippen molar-refractivity contribution in [3.8, 4) is 0 Å². The Bertz CT molecular complexity index is 871. The number of aliphatic imine (C=N–C) groups is 1. The van der Waals surface area contributed by atoms with Crippen LogP contribution in [0.4, 0.5) is 0 Å². The molecule has 1 aliphatic rings. The minimum Gasteiger partial charge on any atom is -0.481 e. The molecule has 1 heterocycles. The van der Waals surface area contributed by atoms with E-state index in [1.807, 2.05) is 40.8 Å². The molecule has 1 rings (SSSR count). The molecular formula is C28H51N3O4S3. The van der Waals surface area contributed by atoms with Crippen LogP contribution in [-0.2, 0) is 9.59 Å². The Balaban J connectivity index is 3.40. The smallest absolute Gasteiger partial charge is 0.303 e. The predicted octanol–water partition coefficient (Wildman–Crippen LogP) is 6.67. The van der Waals surface area contributed by atoms with Crippen LogP contribution in [0.15, 0.2) is 4.99 Å². The molecule has 0 radical (unpaired) electrons. The molecule has 38 heavy (non-hydrogen) atoms. The van der Waals surface area contributed by atoms with Gasteiger partial charge in [0.1, 0.15) is 3.53 Å². The van der Waals surface area contributed by atoms with Gasteiger partial charge in [0.25, 0.3) is 0 Å². The van der Waals surface area contributed by atoms with Gasteiger partial charge in [-0.05, 0) is 78.4 Å². The summed E-state index contributed by atoms with van der Waals surface area (Å²) in [5.41, 5.74) is -1.92. The van der Waals surface area contributed by atoms with Crippen LogP contribution in [0.25, 0.3) is 0 Å². The van der Waals surface area contributed by atoms with Crippen molar-refractivity contribution in [3.05, 3.63) is 0 Å². The molecule has 0 aromatic carbocycles. The third kappa shape index (κ3) is 9.18. The van der Waals surface area contributed by atoms with Gasteiger partial charge in [0.05, 0.1) is 5.92 Å². The maximum absolute atomic E-state index is 14.2. The summed E-state index contributed by atoms with van der Waals surface area (Å²) in [5, 5.41) is 24.9. The first-order valence-corrected chi connectivity index (χ1v) is 15.7. The number of carboxylic acid groups (broad SMARTS) is 1. The number of carbonyl (C=O) groups excluding carboxylic acids is 1. The van der Waals surface area contributed by atoms with E-state index in [1.165, 1.54) is 5.06 Å². The number of thiocarbonyl (C=S) groups is 1. The molecule has 2 atom stereocenters. The zero-order valence-corrected chi connectivity index (χ0v) is 27.8. The Kier molecular flexibility index (Phi) is 12.4. The standard InChI is InChI=1S/C28H51N3O4S3/c1-12-37-23(36)38-27(8,9)20(17-24(2,3)28(10,18-29-11)14-13-21(32)33)22(34)30-19-15-25(4,5)31(35)26(6,7)16-19/h18-20,35H,12-17H2,1-11H3,(H,30,34)(H,32,33)/b29-18+. The maximum Gasteiger partial charge on any atom is 0.303 e. The van der Waals surface area contributed by atoms with Crippen LogP contribution >= 0.6 is 35.7 Å². The molecule has 2 unspecified atom stereocenters. The molecule has 1 saturated heterocycles. The van der Waals surface area contributed by atoms with Crippen LogP contribution in [0, 0.1) is 16.7 Å². The summed E-state index contributed by atoms with van der Waals surface area (Å²) in [6.07, 6.45) is 4.10. The summed E-state index contributed by atoms with van der Waals surface area (Å²) >= 11 is 8.82. The fourth-order valence-electron chi connectivity index (χ4n) is 5.73. The lowest BCUT2D eigenvalue weighted by molar-refractivity contribution is -0.246. The van der Waals surface area contributed by atoms with Crippen molar-refractivity contribution in [2.45, 2.75) is 123 Å². The van der Waals surface area contributed by atoms with E-state index in [9.17, 15) is 19.9 Å². The van der Waals surface area contributed by atoms with E-state index in [1.54, 1.807) is 30.6 Å². The normalized spacial score (nSPS) is 21.2. The van der Waals surface area contributed by atoms with Crippen LogP contribution in [0.1, 0.15) is 101 Å². The average Bonchev–Trinajstić information content (AvgIpc) is 2.73. The van der Waals surface area contributed by atoms with Crippen molar-refractivity contribution < 1.29 is 19.9 Å². The van der Waals surface area contributed by atoms with E-state index in [4.69, 9.17) is 12.2 Å². The summed E-state index contributed by atoms with van der Waals surface area (Å²) in [7, 11) is 1.70. The maximum atomic E-state index is 14.2. The minimum atomic E-state index is -0.843. The summed E-state index contributed by atoms with van der Waals surface area (Å²) in [6, 6.07) is -0.0881. The number of hydrogen-bond donors (Lipinski definition) is 3. The molecule has 0 saturated carbocycles. The molecule has 0 spiro atoms. The first-order chi connectivity index (χ1) is 17.1. The van der Waals surface area contributed by atoms with Gasteiger partial charge in [-0.25, -0.2) is 0 Å². The van der Waals surface area contributed by atoms with Gasteiger partial charge in [-0.15, -0.1) is 23.5 Å². The van der Waals surface area contributed by atoms with Gasteiger partial charge in [0.15, 0.2) is 0 Å². The molecule has 7 nitrogen and oxygen atoms in total. The molecule has 0 bridgehead atoms. The van der Waals surface area contributed by atoms with Crippen molar-refractivity contribution in [1.82, 2.24) is 10.4 Å². The van der Waals surface area contributed by atoms with Crippen LogP contribution in [0.3, 0.4) is 0 Å². The average molecular weight is 590 g/mol. The van der Waals surface area contributed by atoms with E-state index in [-0.39, 0.29) is 18.4 Å². The Labute approximate surface area is 244 Å². The number of thioether (sulfide) groups is 2. The third-order valence-electron chi connectivity index (χ3n) is 8.28. The Hall–Kier alpha value is -0.680. The first-order valence-electron chi connectivity index (χ1n) is 13.4. The van der Waals surface area contributed by atoms with Gasteiger partial charge in [0, 0.05) is 47.0 Å². The fraction of sp³-hybridized carbons (Fsp3) is 0.857. The Morgan fingerprint density at radius 2 is 1.68 bits per heavy atom. The minimum absolute atomic E-state index is 0.0298. The van der Waals surface area contributed by atoms with Gasteiger partial charge < -0.3 is 20.6 Å². The number of rotatable bonds is 12. The number of nitrogens with zero attached hydrogens (tertiary/aromatic N) is 2. The van der Waals surface area contributed by atoms with Crippen molar-refractivity contribution in [2.24, 2.45) is 21.7 Å². The highest BCUT2D eigenvalue weighted by atomic mass is 32.2. The topological polar surface area (TPSA) is 102 Å². The number of aliphatic carboxylic acids is 1. The van der Waals surface area contributed by atoms with E-state index in [2.05, 4.69) is 44.9 Å². The lowest BCUT2D eigenvalue weighted by Gasteiger charge is -2.52. The summed E-state index contributed by atoms with van der Waals surface area (Å²) < 4.78 is 0.313. The second kappa shape index (κ2) is 13.3. The summed E-state index contributed by atoms with van der Waals surface area (Å²) in [6.45, 7) is 20.4. The number of carboxylic acids is 1. The Morgan fingerprint density at radius 1 is 1.16 bits per heavy atom. The van der Waals surface area contributed by atoms with Crippen molar-refractivity contribution >= 4 is 57.4 Å². The zero-order chi connectivity index (χ0) is 29.7. The van der Waals surface area contributed by atoms with Gasteiger partial charge in [-0.3, -0.25) is 9.59 Å². The number of hydrogen-bond acceptors (Lipinski definition) is 8. The number of piperidine rings is 1. The zero-order valence-electron chi connectivity index (χ0n) is 25.3. The van der Waals surface area contributed by atoms with Gasteiger partial charge in [-0.1, -0.05) is 39.9 Å². The second-order valence-electron chi connectivity index (χ2n) is 13.3. The highest BCUT2D eigenvalue weighted by molar-refractivity contribution is 8.47. The molecule has 1 aliphatic heterocycles. The number of carbonyl (C=O) groups is 2. The molecule has 220 valence electrons. The third-order valence-corrected chi connectivity index (χ3v) is 11.0. The lowest BCUT2D eigenvalue weighted by Crippen LogP contribution is -2.63. The van der Waals surface area contributed by atoms with Crippen molar-refractivity contribution in [3.63, 3.8) is 0 Å². The van der Waals surface area contributed by atoms with E-state index in [0.717, 1.165) is 9.28 Å². The molecule has 3 N–H and O–H groups in total. The van der Waals surface area contributed by atoms with E-state index < -0.39 is 38.5 Å². The highest BCUT2D eigenvalue weighted by Gasteiger charge is 2.49. The summed E-state index contributed by atoms with van der Waals surface area (Å²) in [5.74, 6) is -0.402. The molecule has 0 aromatic rings. The van der Waals surface area contributed by atoms with E-state index in [0.29, 0.717) is 25.7 Å². The lowest BCUT2D eigenvalue weighted by atomic mass is 9.60. The van der Waals surface area contributed by atoms with Crippen LogP contribution in [0.5, 0.6) is 0 Å². The molecule has 10 heteroatoms. The van der Waals surface area contributed by atoms with Gasteiger partial charge >= 0.3 is 5.97 Å². The molecule has 0 aromatic heterocycles. The van der Waals surface area contributed by atoms with Gasteiger partial charge in [0.2, 0.25) is 5.91 Å². The fourth-order valence-corrected chi connectivity index (χ4v) is 8.96. The number of hydroxylamine groups is 2. The quantitative estimate of drug-likeness (QED) is 0.171. The van der Waals surface area contributed by atoms with Crippen molar-refractivity contribution in [2.75, 3.05) is 12.8 Å². The van der Waals surface area contributed by atoms with Crippen LogP contribution in [-0.4, -0.2) is 71.7 Å². The molecule has 1 amide bonds.